The Hall–Kier alpha value is -1.41. The van der Waals surface area contributed by atoms with E-state index in [2.05, 4.69) is 10.3 Å². The van der Waals surface area contributed by atoms with Gasteiger partial charge in [0, 0.05) is 25.8 Å². The Morgan fingerprint density at radius 2 is 2.21 bits per heavy atom. The Bertz CT molecular complexity index is 579. The smallest absolute Gasteiger partial charge is 0.262 e. The molecule has 0 spiro atoms. The van der Waals surface area contributed by atoms with Gasteiger partial charge in [-0.3, -0.25) is 4.79 Å². The first-order valence-electron chi connectivity index (χ1n) is 6.25. The van der Waals surface area contributed by atoms with Crippen molar-refractivity contribution < 1.29 is 13.2 Å². The molecular weight excluding hydrogens is 268 g/mol. The van der Waals surface area contributed by atoms with E-state index in [1.165, 1.54) is 10.5 Å². The molecule has 7 nitrogen and oxygen atoms in total. The summed E-state index contributed by atoms with van der Waals surface area (Å²) in [6.07, 6.45) is 2.13. The number of hydrogen-bond acceptors (Lipinski definition) is 4. The lowest BCUT2D eigenvalue weighted by atomic mass is 10.4. The van der Waals surface area contributed by atoms with Gasteiger partial charge in [0.25, 0.3) is 10.0 Å². The Kier molecular flexibility index (Phi) is 3.91. The van der Waals surface area contributed by atoms with Crippen molar-refractivity contribution in [2.75, 3.05) is 19.6 Å². The Labute approximate surface area is 112 Å². The molecule has 1 N–H and O–H groups in total. The van der Waals surface area contributed by atoms with E-state index in [0.717, 1.165) is 0 Å². The van der Waals surface area contributed by atoms with Crippen molar-refractivity contribution in [2.24, 2.45) is 0 Å². The second-order valence-corrected chi connectivity index (χ2v) is 6.34. The van der Waals surface area contributed by atoms with Gasteiger partial charge >= 0.3 is 0 Å². The third-order valence-corrected chi connectivity index (χ3v) is 4.84. The van der Waals surface area contributed by atoms with Gasteiger partial charge in [0.2, 0.25) is 5.91 Å². The standard InChI is InChI=1S/C11H18N4O3S/c1-3-14-8-11(13-9(14)2)19(17,18)15-6-4-5-12-10(16)7-15/h8H,3-7H2,1-2H3,(H,12,16). The van der Waals surface area contributed by atoms with E-state index in [4.69, 9.17) is 0 Å². The molecule has 1 aliphatic rings. The number of carbonyl (C=O) groups is 1. The molecule has 1 aromatic heterocycles. The van der Waals surface area contributed by atoms with Crippen LogP contribution in [0.1, 0.15) is 19.2 Å². The summed E-state index contributed by atoms with van der Waals surface area (Å²) in [5.41, 5.74) is 0. The molecule has 0 atom stereocenters. The summed E-state index contributed by atoms with van der Waals surface area (Å²) in [6.45, 7) is 5.05. The lowest BCUT2D eigenvalue weighted by Crippen LogP contribution is -2.37. The molecule has 0 unspecified atom stereocenters. The van der Waals surface area contributed by atoms with Crippen molar-refractivity contribution in [3.63, 3.8) is 0 Å². The fourth-order valence-electron chi connectivity index (χ4n) is 2.04. The summed E-state index contributed by atoms with van der Waals surface area (Å²) in [5.74, 6) is 0.382. The molecule has 106 valence electrons. The molecule has 0 aliphatic carbocycles. The van der Waals surface area contributed by atoms with E-state index in [9.17, 15) is 13.2 Å². The summed E-state index contributed by atoms with van der Waals surface area (Å²) in [6, 6.07) is 0. The summed E-state index contributed by atoms with van der Waals surface area (Å²) < 4.78 is 27.8. The van der Waals surface area contributed by atoms with E-state index in [0.29, 0.717) is 31.9 Å². The van der Waals surface area contributed by atoms with E-state index in [1.807, 2.05) is 6.92 Å². The maximum atomic E-state index is 12.4. The molecule has 2 heterocycles. The van der Waals surface area contributed by atoms with Crippen LogP contribution in [0.25, 0.3) is 0 Å². The first kappa shape index (κ1) is 14.0. The first-order chi connectivity index (χ1) is 8.95. The van der Waals surface area contributed by atoms with Gasteiger partial charge in [0.05, 0.1) is 6.54 Å². The van der Waals surface area contributed by atoms with Gasteiger partial charge in [-0.15, -0.1) is 0 Å². The Morgan fingerprint density at radius 3 is 2.84 bits per heavy atom. The normalized spacial score (nSPS) is 18.1. The molecule has 1 fully saturated rings. The summed E-state index contributed by atoms with van der Waals surface area (Å²) >= 11 is 0. The van der Waals surface area contributed by atoms with Crippen LogP contribution in [0.4, 0.5) is 0 Å². The molecule has 2 rings (SSSR count). The molecule has 1 aromatic rings. The number of aryl methyl sites for hydroxylation is 2. The maximum Gasteiger partial charge on any atom is 0.262 e. The lowest BCUT2D eigenvalue weighted by molar-refractivity contribution is -0.120. The monoisotopic (exact) mass is 286 g/mol. The van der Waals surface area contributed by atoms with Gasteiger partial charge in [-0.2, -0.15) is 4.31 Å². The highest BCUT2D eigenvalue weighted by Gasteiger charge is 2.30. The van der Waals surface area contributed by atoms with Crippen LogP contribution >= 0.6 is 0 Å². The highest BCUT2D eigenvalue weighted by Crippen LogP contribution is 2.16. The SMILES string of the molecule is CCn1cc(S(=O)(=O)N2CCCNC(=O)C2)nc1C. The molecule has 1 amide bonds. The highest BCUT2D eigenvalue weighted by molar-refractivity contribution is 7.89. The molecule has 0 aromatic carbocycles. The molecular formula is C11H18N4O3S. The van der Waals surface area contributed by atoms with Crippen molar-refractivity contribution in [1.82, 2.24) is 19.2 Å². The van der Waals surface area contributed by atoms with Crippen molar-refractivity contribution >= 4 is 15.9 Å². The zero-order valence-electron chi connectivity index (χ0n) is 11.1. The minimum absolute atomic E-state index is 0.0153. The van der Waals surface area contributed by atoms with Crippen molar-refractivity contribution in [3.8, 4) is 0 Å². The van der Waals surface area contributed by atoms with Gasteiger partial charge in [-0.1, -0.05) is 0 Å². The molecule has 1 aliphatic heterocycles. The van der Waals surface area contributed by atoms with Crippen molar-refractivity contribution in [1.29, 1.82) is 0 Å². The predicted molar refractivity (Wildman–Crippen MR) is 69.0 cm³/mol. The summed E-state index contributed by atoms with van der Waals surface area (Å²) in [5, 5.41) is 2.67. The highest BCUT2D eigenvalue weighted by atomic mass is 32.2. The number of amides is 1. The Balaban J connectivity index is 2.32. The van der Waals surface area contributed by atoms with Crippen LogP contribution in [0.5, 0.6) is 0 Å². The van der Waals surface area contributed by atoms with Crippen molar-refractivity contribution in [3.05, 3.63) is 12.0 Å². The maximum absolute atomic E-state index is 12.4. The molecule has 0 radical (unpaired) electrons. The first-order valence-corrected chi connectivity index (χ1v) is 7.69. The van der Waals surface area contributed by atoms with Crippen LogP contribution in [0.2, 0.25) is 0 Å². The minimum atomic E-state index is -3.69. The van der Waals surface area contributed by atoms with Gasteiger partial charge < -0.3 is 9.88 Å². The molecule has 1 saturated heterocycles. The fraction of sp³-hybridized carbons (Fsp3) is 0.636. The number of nitrogens with zero attached hydrogens (tertiary/aromatic N) is 3. The van der Waals surface area contributed by atoms with Crippen LogP contribution < -0.4 is 5.32 Å². The van der Waals surface area contributed by atoms with E-state index >= 15 is 0 Å². The summed E-state index contributed by atoms with van der Waals surface area (Å²) in [4.78, 5) is 15.5. The average molecular weight is 286 g/mol. The zero-order chi connectivity index (χ0) is 14.0. The second-order valence-electron chi connectivity index (χ2n) is 4.45. The van der Waals surface area contributed by atoms with Crippen LogP contribution in [0, 0.1) is 6.92 Å². The summed E-state index contributed by atoms with van der Waals surface area (Å²) in [7, 11) is -3.69. The van der Waals surface area contributed by atoms with Crippen LogP contribution in [-0.2, 0) is 21.4 Å². The van der Waals surface area contributed by atoms with E-state index in [1.54, 1.807) is 11.5 Å². The Morgan fingerprint density at radius 1 is 1.47 bits per heavy atom. The number of imidazole rings is 1. The number of nitrogens with one attached hydrogen (secondary N) is 1. The van der Waals surface area contributed by atoms with Crippen LogP contribution in [0.15, 0.2) is 11.2 Å². The topological polar surface area (TPSA) is 84.3 Å². The predicted octanol–water partition coefficient (Wildman–Crippen LogP) is -0.278. The fourth-order valence-corrected chi connectivity index (χ4v) is 3.47. The largest absolute Gasteiger partial charge is 0.355 e. The van der Waals surface area contributed by atoms with Gasteiger partial charge in [-0.05, 0) is 20.3 Å². The molecule has 0 saturated carbocycles. The number of hydrogen-bond donors (Lipinski definition) is 1. The number of carbonyl (C=O) groups excluding carboxylic acids is 1. The minimum Gasteiger partial charge on any atom is -0.355 e. The van der Waals surface area contributed by atoms with Crippen LogP contribution in [0.3, 0.4) is 0 Å². The lowest BCUT2D eigenvalue weighted by Gasteiger charge is -2.16. The quantitative estimate of drug-likeness (QED) is 0.828. The van der Waals surface area contributed by atoms with Crippen molar-refractivity contribution in [2.45, 2.75) is 31.8 Å². The second kappa shape index (κ2) is 5.30. The van der Waals surface area contributed by atoms with E-state index in [-0.39, 0.29) is 17.5 Å². The molecule has 8 heteroatoms. The molecule has 0 bridgehead atoms. The number of aromatic nitrogens is 2. The van der Waals surface area contributed by atoms with Gasteiger partial charge in [0.1, 0.15) is 5.82 Å². The van der Waals surface area contributed by atoms with E-state index < -0.39 is 10.0 Å². The third kappa shape index (κ3) is 2.79. The zero-order valence-corrected chi connectivity index (χ0v) is 11.9. The average Bonchev–Trinajstić information content (AvgIpc) is 2.60. The number of rotatable bonds is 3. The number of sulfonamides is 1. The van der Waals surface area contributed by atoms with Gasteiger partial charge in [-0.25, -0.2) is 13.4 Å². The molecule has 19 heavy (non-hydrogen) atoms. The van der Waals surface area contributed by atoms with Crippen LogP contribution in [-0.4, -0.2) is 47.8 Å². The third-order valence-electron chi connectivity index (χ3n) is 3.13. The van der Waals surface area contributed by atoms with Gasteiger partial charge in [0.15, 0.2) is 5.03 Å².